The molecule has 7 aromatic rings. The molecular formula is C42H30BNSSi. The van der Waals surface area contributed by atoms with Crippen LogP contribution in [0.15, 0.2) is 187 Å². The summed E-state index contributed by atoms with van der Waals surface area (Å²) in [4.78, 5) is 3.85. The van der Waals surface area contributed by atoms with E-state index in [-0.39, 0.29) is 5.99 Å². The van der Waals surface area contributed by atoms with Crippen LogP contribution in [0.2, 0.25) is 0 Å². The van der Waals surface area contributed by atoms with Gasteiger partial charge in [0.25, 0.3) is 5.99 Å². The van der Waals surface area contributed by atoms with E-state index in [9.17, 15) is 0 Å². The lowest BCUT2D eigenvalue weighted by molar-refractivity contribution is 1.29. The van der Waals surface area contributed by atoms with Gasteiger partial charge in [0.2, 0.25) is 0 Å². The summed E-state index contributed by atoms with van der Waals surface area (Å²) in [7, 11) is -2.64. The van der Waals surface area contributed by atoms with Crippen LogP contribution < -0.4 is 36.6 Å². The molecule has 2 heterocycles. The fraction of sp³-hybridized carbons (Fsp3) is 0. The van der Waals surface area contributed by atoms with Crippen molar-refractivity contribution >= 4 is 74.4 Å². The Labute approximate surface area is 276 Å². The number of fused-ring (bicyclic) bond motifs is 5. The van der Waals surface area contributed by atoms with E-state index in [0.29, 0.717) is 0 Å². The summed E-state index contributed by atoms with van der Waals surface area (Å²) >= 11 is 1.96. The maximum absolute atomic E-state index is 2.64. The van der Waals surface area contributed by atoms with E-state index >= 15 is 0 Å². The Morgan fingerprint density at radius 2 is 0.978 bits per heavy atom. The number of nitrogens with zero attached hydrogens (tertiary/aromatic N) is 1. The fourth-order valence-corrected chi connectivity index (χ4v) is 14.1. The molecule has 2 aliphatic heterocycles. The second-order valence-electron chi connectivity index (χ2n) is 12.0. The highest BCUT2D eigenvalue weighted by molar-refractivity contribution is 8.28. The van der Waals surface area contributed by atoms with Gasteiger partial charge in [-0.1, -0.05) is 163 Å². The van der Waals surface area contributed by atoms with E-state index in [1.807, 2.05) is 11.6 Å². The Morgan fingerprint density at radius 1 is 0.457 bits per heavy atom. The summed E-state index contributed by atoms with van der Waals surface area (Å²) in [5, 5.41) is 5.65. The zero-order valence-electron chi connectivity index (χ0n) is 25.3. The van der Waals surface area contributed by atoms with Crippen molar-refractivity contribution in [1.82, 2.24) is 0 Å². The Kier molecular flexibility index (Phi) is 6.58. The van der Waals surface area contributed by atoms with Crippen LogP contribution >= 0.6 is 11.6 Å². The van der Waals surface area contributed by atoms with Gasteiger partial charge in [0.05, 0.1) is 0 Å². The fourth-order valence-electron chi connectivity index (χ4n) is 7.69. The van der Waals surface area contributed by atoms with Crippen molar-refractivity contribution in [3.8, 4) is 11.1 Å². The summed E-state index contributed by atoms with van der Waals surface area (Å²) in [6.07, 6.45) is 0. The molecule has 0 aliphatic carbocycles. The van der Waals surface area contributed by atoms with Crippen LogP contribution in [0.4, 0.5) is 17.1 Å². The van der Waals surface area contributed by atoms with Crippen LogP contribution in [0.3, 0.4) is 0 Å². The molecule has 216 valence electrons. The van der Waals surface area contributed by atoms with E-state index < -0.39 is 8.07 Å². The van der Waals surface area contributed by atoms with E-state index in [2.05, 4.69) is 187 Å². The number of rotatable bonds is 4. The topological polar surface area (TPSA) is 3.24 Å². The van der Waals surface area contributed by atoms with Crippen LogP contribution in [0.1, 0.15) is 0 Å². The minimum atomic E-state index is -2.64. The molecule has 0 saturated heterocycles. The quantitative estimate of drug-likeness (QED) is 0.201. The second-order valence-corrected chi connectivity index (χ2v) is 16.9. The van der Waals surface area contributed by atoms with Crippen LogP contribution in [0.5, 0.6) is 0 Å². The minimum absolute atomic E-state index is 0.247. The molecule has 9 rings (SSSR count). The van der Waals surface area contributed by atoms with Crippen LogP contribution in [-0.2, 0) is 0 Å². The summed E-state index contributed by atoms with van der Waals surface area (Å²) in [5.74, 6) is 0.247. The van der Waals surface area contributed by atoms with Gasteiger partial charge in [-0.2, -0.15) is 11.6 Å². The Balaban J connectivity index is 1.31. The van der Waals surface area contributed by atoms with Gasteiger partial charge in [-0.3, -0.25) is 0 Å². The molecule has 0 radical (unpaired) electrons. The van der Waals surface area contributed by atoms with E-state index in [1.54, 1.807) is 0 Å². The Morgan fingerprint density at radius 3 is 1.61 bits per heavy atom. The van der Waals surface area contributed by atoms with E-state index in [0.717, 1.165) is 0 Å². The summed E-state index contributed by atoms with van der Waals surface area (Å²) in [5.41, 5.74) is 9.05. The molecular weight excluding hydrogens is 589 g/mol. The van der Waals surface area contributed by atoms with E-state index in [1.165, 1.54) is 64.8 Å². The molecule has 4 heteroatoms. The van der Waals surface area contributed by atoms with Gasteiger partial charge in [0.1, 0.15) is 0 Å². The van der Waals surface area contributed by atoms with Gasteiger partial charge >= 0.3 is 0 Å². The molecule has 1 nitrogen and oxygen atoms in total. The monoisotopic (exact) mass is 619 g/mol. The first-order chi connectivity index (χ1) is 22.8. The SMILES string of the molecule is c1ccc(B2Sc3ccccc3-c3cc(N4c5ccccc5[Si](c5ccccc5)(c5ccccc5)c5ccccc54)ccc32)cc1. The third-order valence-electron chi connectivity index (χ3n) is 9.61. The number of benzene rings is 7. The van der Waals surface area contributed by atoms with Gasteiger partial charge in [0, 0.05) is 22.0 Å². The summed E-state index contributed by atoms with van der Waals surface area (Å²) < 4.78 is 0. The number of para-hydroxylation sites is 2. The van der Waals surface area contributed by atoms with Crippen molar-refractivity contribution in [2.75, 3.05) is 4.90 Å². The minimum Gasteiger partial charge on any atom is -0.311 e. The molecule has 0 N–H and O–H groups in total. The summed E-state index contributed by atoms with van der Waals surface area (Å²) in [6.45, 7) is 0. The third kappa shape index (κ3) is 4.11. The highest BCUT2D eigenvalue weighted by atomic mass is 32.2. The number of hydrogen-bond donors (Lipinski definition) is 0. The van der Waals surface area contributed by atoms with Gasteiger partial charge < -0.3 is 4.90 Å². The van der Waals surface area contributed by atoms with Crippen LogP contribution in [0, 0.1) is 0 Å². The molecule has 0 spiro atoms. The first-order valence-corrected chi connectivity index (χ1v) is 18.8. The first-order valence-electron chi connectivity index (χ1n) is 15.9. The molecule has 0 bridgehead atoms. The lowest BCUT2D eigenvalue weighted by atomic mass is 9.59. The zero-order chi connectivity index (χ0) is 30.5. The van der Waals surface area contributed by atoms with Gasteiger partial charge in [-0.15, -0.1) is 0 Å². The smallest absolute Gasteiger partial charge is 0.281 e. The molecule has 46 heavy (non-hydrogen) atoms. The molecule has 0 aromatic heterocycles. The average Bonchev–Trinajstić information content (AvgIpc) is 3.14. The average molecular weight is 620 g/mol. The number of anilines is 3. The van der Waals surface area contributed by atoms with Crippen LogP contribution in [-0.4, -0.2) is 14.1 Å². The molecule has 0 atom stereocenters. The first kappa shape index (κ1) is 27.3. The van der Waals surface area contributed by atoms with Crippen LogP contribution in [0.25, 0.3) is 11.1 Å². The van der Waals surface area contributed by atoms with Gasteiger partial charge in [0.15, 0.2) is 8.07 Å². The zero-order valence-corrected chi connectivity index (χ0v) is 27.1. The van der Waals surface area contributed by atoms with Crippen molar-refractivity contribution in [2.24, 2.45) is 0 Å². The lowest BCUT2D eigenvalue weighted by Gasteiger charge is -2.45. The van der Waals surface area contributed by atoms with E-state index in [4.69, 9.17) is 0 Å². The molecule has 0 saturated carbocycles. The van der Waals surface area contributed by atoms with Crippen molar-refractivity contribution in [2.45, 2.75) is 4.90 Å². The highest BCUT2D eigenvalue weighted by Gasteiger charge is 2.48. The normalized spacial score (nSPS) is 14.1. The molecule has 2 aliphatic rings. The van der Waals surface area contributed by atoms with Crippen molar-refractivity contribution in [3.05, 3.63) is 182 Å². The molecule has 7 aromatic carbocycles. The maximum Gasteiger partial charge on any atom is 0.281 e. The lowest BCUT2D eigenvalue weighted by Crippen LogP contribution is -2.77. The maximum atomic E-state index is 2.52. The molecule has 0 fully saturated rings. The van der Waals surface area contributed by atoms with Crippen molar-refractivity contribution in [3.63, 3.8) is 0 Å². The van der Waals surface area contributed by atoms with Gasteiger partial charge in [-0.25, -0.2) is 0 Å². The number of hydrogen-bond acceptors (Lipinski definition) is 2. The van der Waals surface area contributed by atoms with Crippen molar-refractivity contribution < 1.29 is 0 Å². The Bertz CT molecular complexity index is 2110. The highest BCUT2D eigenvalue weighted by Crippen LogP contribution is 2.42. The summed E-state index contributed by atoms with van der Waals surface area (Å²) in [6, 6.07) is 67.7. The standard InChI is InChI=1S/C42H30BNSSi/c1-4-16-31(17-5-1)43-37-29-28-32(30-36(37)35-22-10-13-25-40(35)45-43)44-38-23-11-14-26-41(38)46(33-18-6-2-7-19-33,34-20-8-3-9-21-34)42-27-15-12-24-39(42)44/h1-30H. The second kappa shape index (κ2) is 11.1. The third-order valence-corrected chi connectivity index (χ3v) is 15.8. The molecule has 0 unspecified atom stereocenters. The molecule has 0 amide bonds. The van der Waals surface area contributed by atoms with Gasteiger partial charge in [-0.05, 0) is 62.2 Å². The Hall–Kier alpha value is -5.03. The van der Waals surface area contributed by atoms with Crippen molar-refractivity contribution in [1.29, 1.82) is 0 Å². The largest absolute Gasteiger partial charge is 0.311 e. The predicted molar refractivity (Wildman–Crippen MR) is 201 cm³/mol. The predicted octanol–water partition coefficient (Wildman–Crippen LogP) is 6.73.